The molecule has 1 fully saturated rings. The molecule has 0 aliphatic heterocycles. The second-order valence-corrected chi connectivity index (χ2v) is 7.64. The highest BCUT2D eigenvalue weighted by Crippen LogP contribution is 2.41. The van der Waals surface area contributed by atoms with Crippen LogP contribution in [0.2, 0.25) is 0 Å². The average molecular weight is 424 g/mol. The average Bonchev–Trinajstić information content (AvgIpc) is 3.61. The monoisotopic (exact) mass is 424 g/mol. The van der Waals surface area contributed by atoms with E-state index in [1.54, 1.807) is 19.2 Å². The zero-order valence-electron chi connectivity index (χ0n) is 17.9. The molecule has 0 bridgehead atoms. The van der Waals surface area contributed by atoms with Crippen LogP contribution in [0.4, 0.5) is 0 Å². The van der Waals surface area contributed by atoms with Gasteiger partial charge in [0, 0.05) is 12.1 Å². The van der Waals surface area contributed by atoms with E-state index in [-0.39, 0.29) is 37.4 Å². The zero-order valence-corrected chi connectivity index (χ0v) is 17.9. The highest BCUT2D eigenvalue weighted by atomic mass is 16.5. The lowest BCUT2D eigenvalue weighted by Gasteiger charge is -2.19. The molecule has 3 rings (SSSR count). The number of amides is 2. The van der Waals surface area contributed by atoms with Gasteiger partial charge >= 0.3 is 5.97 Å². The minimum Gasteiger partial charge on any atom is -0.497 e. The third kappa shape index (κ3) is 6.57. The van der Waals surface area contributed by atoms with Crippen LogP contribution in [-0.2, 0) is 14.3 Å². The Morgan fingerprint density at radius 3 is 2.42 bits per heavy atom. The Labute approximate surface area is 182 Å². The minimum absolute atomic E-state index is 0.00453. The van der Waals surface area contributed by atoms with E-state index in [0.717, 1.165) is 29.7 Å². The van der Waals surface area contributed by atoms with Crippen LogP contribution in [0, 0.1) is 12.8 Å². The first-order chi connectivity index (χ1) is 15.0. The Bertz CT molecular complexity index is 922. The molecule has 7 nitrogen and oxygen atoms in total. The van der Waals surface area contributed by atoms with Crippen LogP contribution in [0.15, 0.2) is 48.5 Å². The van der Waals surface area contributed by atoms with E-state index in [0.29, 0.717) is 11.5 Å². The molecule has 0 radical (unpaired) electrons. The van der Waals surface area contributed by atoms with Gasteiger partial charge in [0.1, 0.15) is 5.75 Å². The number of methoxy groups -OCH3 is 1. The van der Waals surface area contributed by atoms with E-state index in [9.17, 15) is 14.4 Å². The number of benzene rings is 2. The SMILES string of the molecule is COc1ccc(C(NC(=O)COC(=O)CCNC(=O)c2ccccc2C)C2CC2)cc1. The minimum atomic E-state index is -0.535. The van der Waals surface area contributed by atoms with Gasteiger partial charge in [-0.2, -0.15) is 0 Å². The summed E-state index contributed by atoms with van der Waals surface area (Å²) in [5.74, 6) is 0.0332. The molecule has 31 heavy (non-hydrogen) atoms. The van der Waals surface area contributed by atoms with Crippen LogP contribution in [-0.4, -0.2) is 38.0 Å². The fourth-order valence-corrected chi connectivity index (χ4v) is 3.35. The van der Waals surface area contributed by atoms with Crippen LogP contribution >= 0.6 is 0 Å². The normalized spacial score (nSPS) is 13.7. The van der Waals surface area contributed by atoms with Crippen molar-refractivity contribution in [3.8, 4) is 5.75 Å². The summed E-state index contributed by atoms with van der Waals surface area (Å²) in [6, 6.07) is 14.7. The van der Waals surface area contributed by atoms with E-state index in [1.165, 1.54) is 0 Å². The van der Waals surface area contributed by atoms with E-state index in [2.05, 4.69) is 10.6 Å². The van der Waals surface area contributed by atoms with Crippen molar-refractivity contribution >= 4 is 17.8 Å². The maximum atomic E-state index is 12.3. The van der Waals surface area contributed by atoms with E-state index >= 15 is 0 Å². The van der Waals surface area contributed by atoms with E-state index < -0.39 is 5.97 Å². The lowest BCUT2D eigenvalue weighted by atomic mass is 10.0. The molecule has 1 aliphatic carbocycles. The first kappa shape index (κ1) is 22.3. The number of ether oxygens (including phenoxy) is 2. The molecular weight excluding hydrogens is 396 g/mol. The Balaban J connectivity index is 1.40. The standard InChI is InChI=1S/C24H28N2O5/c1-16-5-3-4-6-20(16)24(29)25-14-13-22(28)31-15-21(27)26-23(17-7-8-17)18-9-11-19(30-2)12-10-18/h3-6,9-12,17,23H,7-8,13-15H2,1-2H3,(H,25,29)(H,26,27). The molecule has 1 unspecified atom stereocenters. The number of nitrogens with one attached hydrogen (secondary N) is 2. The second-order valence-electron chi connectivity index (χ2n) is 7.64. The van der Waals surface area contributed by atoms with Crippen LogP contribution < -0.4 is 15.4 Å². The van der Waals surface area contributed by atoms with Gasteiger partial charge < -0.3 is 20.1 Å². The van der Waals surface area contributed by atoms with Gasteiger partial charge in [-0.05, 0) is 55.0 Å². The molecule has 164 valence electrons. The number of hydrogen-bond donors (Lipinski definition) is 2. The van der Waals surface area contributed by atoms with Crippen molar-refractivity contribution in [2.24, 2.45) is 5.92 Å². The fraction of sp³-hybridized carbons (Fsp3) is 0.375. The number of rotatable bonds is 10. The lowest BCUT2D eigenvalue weighted by molar-refractivity contribution is -0.148. The third-order valence-electron chi connectivity index (χ3n) is 5.25. The van der Waals surface area contributed by atoms with Gasteiger partial charge in [-0.25, -0.2) is 0 Å². The summed E-state index contributed by atoms with van der Waals surface area (Å²) < 4.78 is 10.2. The van der Waals surface area contributed by atoms with Gasteiger partial charge in [-0.3, -0.25) is 14.4 Å². The molecule has 2 aromatic rings. The fourth-order valence-electron chi connectivity index (χ4n) is 3.35. The van der Waals surface area contributed by atoms with Crippen molar-refractivity contribution in [2.45, 2.75) is 32.2 Å². The third-order valence-corrected chi connectivity index (χ3v) is 5.25. The summed E-state index contributed by atoms with van der Waals surface area (Å²) in [4.78, 5) is 36.4. The summed E-state index contributed by atoms with van der Waals surface area (Å²) in [6.07, 6.45) is 2.10. The highest BCUT2D eigenvalue weighted by molar-refractivity contribution is 5.95. The van der Waals surface area contributed by atoms with Gasteiger partial charge in [0.25, 0.3) is 11.8 Å². The predicted octanol–water partition coefficient (Wildman–Crippen LogP) is 2.93. The smallest absolute Gasteiger partial charge is 0.308 e. The topological polar surface area (TPSA) is 93.7 Å². The quantitative estimate of drug-likeness (QED) is 0.572. The number of hydrogen-bond acceptors (Lipinski definition) is 5. The van der Waals surface area contributed by atoms with Gasteiger partial charge in [0.15, 0.2) is 6.61 Å². The number of carbonyl (C=O) groups is 3. The molecule has 2 N–H and O–H groups in total. The molecule has 2 amide bonds. The van der Waals surface area contributed by atoms with Crippen LogP contribution in [0.1, 0.15) is 46.8 Å². The van der Waals surface area contributed by atoms with Crippen molar-refractivity contribution in [3.63, 3.8) is 0 Å². The van der Waals surface area contributed by atoms with Crippen molar-refractivity contribution in [1.82, 2.24) is 10.6 Å². The van der Waals surface area contributed by atoms with Crippen molar-refractivity contribution in [2.75, 3.05) is 20.3 Å². The molecule has 1 atom stereocenters. The molecule has 2 aromatic carbocycles. The Kier molecular flexibility index (Phi) is 7.65. The molecule has 0 heterocycles. The Morgan fingerprint density at radius 2 is 1.77 bits per heavy atom. The summed E-state index contributed by atoms with van der Waals surface area (Å²) in [5, 5.41) is 5.66. The van der Waals surface area contributed by atoms with Crippen molar-refractivity contribution < 1.29 is 23.9 Å². The largest absolute Gasteiger partial charge is 0.497 e. The molecule has 1 aliphatic rings. The Morgan fingerprint density at radius 1 is 1.06 bits per heavy atom. The number of aryl methyl sites for hydroxylation is 1. The van der Waals surface area contributed by atoms with Gasteiger partial charge in [0.05, 0.1) is 19.6 Å². The highest BCUT2D eigenvalue weighted by Gasteiger charge is 2.33. The van der Waals surface area contributed by atoms with Crippen LogP contribution in [0.5, 0.6) is 5.75 Å². The molecule has 0 saturated heterocycles. The summed E-state index contributed by atoms with van der Waals surface area (Å²) in [6.45, 7) is 1.65. The van der Waals surface area contributed by atoms with Gasteiger partial charge in [-0.1, -0.05) is 30.3 Å². The van der Waals surface area contributed by atoms with Crippen molar-refractivity contribution in [1.29, 1.82) is 0 Å². The molecule has 0 aromatic heterocycles. The summed E-state index contributed by atoms with van der Waals surface area (Å²) >= 11 is 0. The summed E-state index contributed by atoms with van der Waals surface area (Å²) in [7, 11) is 1.61. The number of carbonyl (C=O) groups excluding carboxylic acids is 3. The maximum absolute atomic E-state index is 12.3. The maximum Gasteiger partial charge on any atom is 0.308 e. The van der Waals surface area contributed by atoms with Crippen LogP contribution in [0.3, 0.4) is 0 Å². The van der Waals surface area contributed by atoms with E-state index in [4.69, 9.17) is 9.47 Å². The second kappa shape index (κ2) is 10.6. The predicted molar refractivity (Wildman–Crippen MR) is 116 cm³/mol. The lowest BCUT2D eigenvalue weighted by Crippen LogP contribution is -2.34. The van der Waals surface area contributed by atoms with Crippen molar-refractivity contribution in [3.05, 3.63) is 65.2 Å². The zero-order chi connectivity index (χ0) is 22.2. The first-order valence-electron chi connectivity index (χ1n) is 10.4. The molecule has 1 saturated carbocycles. The molecule has 7 heteroatoms. The summed E-state index contributed by atoms with van der Waals surface area (Å²) in [5.41, 5.74) is 2.43. The Hall–Kier alpha value is -3.35. The molecular formula is C24H28N2O5. The van der Waals surface area contributed by atoms with Crippen LogP contribution in [0.25, 0.3) is 0 Å². The first-order valence-corrected chi connectivity index (χ1v) is 10.4. The molecule has 0 spiro atoms. The van der Waals surface area contributed by atoms with Gasteiger partial charge in [0.2, 0.25) is 0 Å². The van der Waals surface area contributed by atoms with Gasteiger partial charge in [-0.15, -0.1) is 0 Å². The van der Waals surface area contributed by atoms with E-state index in [1.807, 2.05) is 43.3 Å². The number of esters is 1.